The number of rotatable bonds is 3. The van der Waals surface area contributed by atoms with E-state index in [2.05, 4.69) is 11.9 Å². The van der Waals surface area contributed by atoms with Crippen LogP contribution >= 0.6 is 0 Å². The first-order valence-electron chi connectivity index (χ1n) is 6.74. The van der Waals surface area contributed by atoms with Crippen molar-refractivity contribution in [1.29, 1.82) is 0 Å². The molecule has 0 aromatic heterocycles. The molecule has 2 nitrogen and oxygen atoms in total. The third-order valence-corrected chi connectivity index (χ3v) is 3.62. The highest BCUT2D eigenvalue weighted by Crippen LogP contribution is 2.27. The van der Waals surface area contributed by atoms with Crippen LogP contribution in [0.3, 0.4) is 0 Å². The zero-order valence-corrected chi connectivity index (χ0v) is 11.0. The second kappa shape index (κ2) is 5.85. The lowest BCUT2D eigenvalue weighted by Crippen LogP contribution is -2.25. The second-order valence-corrected chi connectivity index (χ2v) is 5.15. The quantitative estimate of drug-likeness (QED) is 0.845. The molecular formula is C16H21NO. The van der Waals surface area contributed by atoms with Gasteiger partial charge in [-0.1, -0.05) is 44.0 Å². The average Bonchev–Trinajstić information content (AvgIpc) is 2.40. The molecule has 1 amide bonds. The van der Waals surface area contributed by atoms with Crippen molar-refractivity contribution in [2.24, 2.45) is 5.92 Å². The summed E-state index contributed by atoms with van der Waals surface area (Å²) in [6, 6.07) is 7.87. The van der Waals surface area contributed by atoms with E-state index in [1.807, 2.05) is 31.2 Å². The number of para-hydroxylation sites is 1. The van der Waals surface area contributed by atoms with Crippen molar-refractivity contribution < 1.29 is 4.79 Å². The Bertz CT molecular complexity index is 444. The van der Waals surface area contributed by atoms with Gasteiger partial charge in [0.2, 0.25) is 5.91 Å². The lowest BCUT2D eigenvalue weighted by atomic mass is 9.88. The highest BCUT2D eigenvalue weighted by molar-refractivity contribution is 5.95. The summed E-state index contributed by atoms with van der Waals surface area (Å²) in [6.45, 7) is 5.92. The molecule has 1 aliphatic carbocycles. The number of anilines is 1. The van der Waals surface area contributed by atoms with E-state index < -0.39 is 0 Å². The molecule has 2 rings (SSSR count). The third-order valence-electron chi connectivity index (χ3n) is 3.62. The number of hydrogen-bond donors (Lipinski definition) is 1. The molecule has 0 bridgehead atoms. The van der Waals surface area contributed by atoms with Gasteiger partial charge < -0.3 is 5.32 Å². The molecule has 1 aromatic carbocycles. The fourth-order valence-electron chi connectivity index (χ4n) is 2.56. The number of allylic oxidation sites excluding steroid dienone is 1. The Labute approximate surface area is 109 Å². The van der Waals surface area contributed by atoms with Crippen molar-refractivity contribution >= 4 is 17.2 Å². The summed E-state index contributed by atoms with van der Waals surface area (Å²) >= 11 is 0. The van der Waals surface area contributed by atoms with Crippen LogP contribution in [0, 0.1) is 5.92 Å². The van der Waals surface area contributed by atoms with Crippen molar-refractivity contribution in [2.45, 2.75) is 39.0 Å². The van der Waals surface area contributed by atoms with Crippen LogP contribution in [0.15, 0.2) is 30.8 Å². The number of nitrogens with one attached hydrogen (secondary N) is 1. The van der Waals surface area contributed by atoms with Gasteiger partial charge in [0.25, 0.3) is 0 Å². The van der Waals surface area contributed by atoms with Crippen LogP contribution in [0.5, 0.6) is 0 Å². The van der Waals surface area contributed by atoms with E-state index in [-0.39, 0.29) is 11.8 Å². The molecule has 1 fully saturated rings. The first-order chi connectivity index (χ1) is 8.68. The van der Waals surface area contributed by atoms with Crippen LogP contribution in [0.2, 0.25) is 0 Å². The van der Waals surface area contributed by atoms with E-state index in [0.29, 0.717) is 0 Å². The summed E-state index contributed by atoms with van der Waals surface area (Å²) in [7, 11) is 0. The monoisotopic (exact) mass is 243 g/mol. The van der Waals surface area contributed by atoms with Crippen LogP contribution in [0.25, 0.3) is 5.57 Å². The van der Waals surface area contributed by atoms with Crippen molar-refractivity contribution in [2.75, 3.05) is 5.32 Å². The van der Waals surface area contributed by atoms with E-state index in [1.54, 1.807) is 0 Å². The molecule has 1 aromatic rings. The van der Waals surface area contributed by atoms with Crippen molar-refractivity contribution in [1.82, 2.24) is 0 Å². The standard InChI is InChI=1S/C16H21NO/c1-12(2)14-10-6-7-11-15(14)17-16(18)13-8-4-3-5-9-13/h6-7,10-11,13H,1,3-5,8-9H2,2H3,(H,17,18). The molecule has 0 radical (unpaired) electrons. The van der Waals surface area contributed by atoms with E-state index in [0.717, 1.165) is 29.7 Å². The zero-order valence-electron chi connectivity index (χ0n) is 11.0. The van der Waals surface area contributed by atoms with E-state index in [4.69, 9.17) is 0 Å². The van der Waals surface area contributed by atoms with E-state index in [9.17, 15) is 4.79 Å². The van der Waals surface area contributed by atoms with Crippen LogP contribution in [-0.2, 0) is 4.79 Å². The van der Waals surface area contributed by atoms with Gasteiger partial charge in [0, 0.05) is 17.2 Å². The molecule has 0 atom stereocenters. The van der Waals surface area contributed by atoms with Gasteiger partial charge in [-0.15, -0.1) is 0 Å². The Kier molecular flexibility index (Phi) is 4.19. The number of amides is 1. The molecule has 1 saturated carbocycles. The maximum absolute atomic E-state index is 12.2. The molecule has 96 valence electrons. The fraction of sp³-hybridized carbons (Fsp3) is 0.438. The summed E-state index contributed by atoms with van der Waals surface area (Å²) in [6.07, 6.45) is 5.69. The number of benzene rings is 1. The normalized spacial score (nSPS) is 16.3. The SMILES string of the molecule is C=C(C)c1ccccc1NC(=O)C1CCCCC1. The molecule has 18 heavy (non-hydrogen) atoms. The predicted octanol–water partition coefficient (Wildman–Crippen LogP) is 4.24. The predicted molar refractivity (Wildman–Crippen MR) is 76.4 cm³/mol. The highest BCUT2D eigenvalue weighted by atomic mass is 16.1. The molecular weight excluding hydrogens is 222 g/mol. The lowest BCUT2D eigenvalue weighted by molar-refractivity contribution is -0.120. The van der Waals surface area contributed by atoms with Gasteiger partial charge in [-0.05, 0) is 31.4 Å². The molecule has 0 spiro atoms. The summed E-state index contributed by atoms with van der Waals surface area (Å²) in [5, 5.41) is 3.06. The smallest absolute Gasteiger partial charge is 0.227 e. The Morgan fingerprint density at radius 2 is 1.89 bits per heavy atom. The molecule has 0 saturated heterocycles. The Hall–Kier alpha value is -1.57. The van der Waals surface area contributed by atoms with Crippen molar-refractivity contribution in [3.05, 3.63) is 36.4 Å². The Morgan fingerprint density at radius 1 is 1.22 bits per heavy atom. The van der Waals surface area contributed by atoms with Gasteiger partial charge in [-0.2, -0.15) is 0 Å². The Balaban J connectivity index is 2.08. The maximum Gasteiger partial charge on any atom is 0.227 e. The minimum absolute atomic E-state index is 0.170. The zero-order chi connectivity index (χ0) is 13.0. The lowest BCUT2D eigenvalue weighted by Gasteiger charge is -2.21. The largest absolute Gasteiger partial charge is 0.325 e. The molecule has 0 heterocycles. The maximum atomic E-state index is 12.2. The molecule has 0 unspecified atom stereocenters. The van der Waals surface area contributed by atoms with Gasteiger partial charge in [0.1, 0.15) is 0 Å². The summed E-state index contributed by atoms with van der Waals surface area (Å²) in [4.78, 5) is 12.2. The minimum Gasteiger partial charge on any atom is -0.325 e. The summed E-state index contributed by atoms with van der Waals surface area (Å²) in [5.74, 6) is 0.361. The first kappa shape index (κ1) is 12.9. The van der Waals surface area contributed by atoms with Gasteiger partial charge >= 0.3 is 0 Å². The Morgan fingerprint density at radius 3 is 2.56 bits per heavy atom. The van der Waals surface area contributed by atoms with Crippen LogP contribution in [-0.4, -0.2) is 5.91 Å². The van der Waals surface area contributed by atoms with E-state index >= 15 is 0 Å². The molecule has 2 heteroatoms. The van der Waals surface area contributed by atoms with Crippen LogP contribution < -0.4 is 5.32 Å². The summed E-state index contributed by atoms with van der Waals surface area (Å²) < 4.78 is 0. The van der Waals surface area contributed by atoms with Gasteiger partial charge in [-0.3, -0.25) is 4.79 Å². The average molecular weight is 243 g/mol. The van der Waals surface area contributed by atoms with E-state index in [1.165, 1.54) is 19.3 Å². The van der Waals surface area contributed by atoms with Crippen molar-refractivity contribution in [3.63, 3.8) is 0 Å². The fourth-order valence-corrected chi connectivity index (χ4v) is 2.56. The highest BCUT2D eigenvalue weighted by Gasteiger charge is 2.21. The number of hydrogen-bond acceptors (Lipinski definition) is 1. The van der Waals surface area contributed by atoms with Gasteiger partial charge in [-0.25, -0.2) is 0 Å². The van der Waals surface area contributed by atoms with Gasteiger partial charge in [0.05, 0.1) is 0 Å². The van der Waals surface area contributed by atoms with Crippen molar-refractivity contribution in [3.8, 4) is 0 Å². The van der Waals surface area contributed by atoms with Gasteiger partial charge in [0.15, 0.2) is 0 Å². The topological polar surface area (TPSA) is 29.1 Å². The number of carbonyl (C=O) groups excluding carboxylic acids is 1. The van der Waals surface area contributed by atoms with Crippen LogP contribution in [0.4, 0.5) is 5.69 Å². The molecule has 1 N–H and O–H groups in total. The minimum atomic E-state index is 0.170. The summed E-state index contributed by atoms with van der Waals surface area (Å²) in [5.41, 5.74) is 2.90. The molecule has 0 aliphatic heterocycles. The molecule has 1 aliphatic rings. The first-order valence-corrected chi connectivity index (χ1v) is 6.74. The van der Waals surface area contributed by atoms with Crippen LogP contribution in [0.1, 0.15) is 44.6 Å². The number of carbonyl (C=O) groups is 1. The second-order valence-electron chi connectivity index (χ2n) is 5.15. The third kappa shape index (κ3) is 3.00.